The quantitative estimate of drug-likeness (QED) is 0.167. The summed E-state index contributed by atoms with van der Waals surface area (Å²) in [5.41, 5.74) is 3.74. The van der Waals surface area contributed by atoms with Gasteiger partial charge in [-0.05, 0) is 75.4 Å². The summed E-state index contributed by atoms with van der Waals surface area (Å²) in [5, 5.41) is 0. The van der Waals surface area contributed by atoms with Crippen LogP contribution in [0.4, 0.5) is 0 Å². The summed E-state index contributed by atoms with van der Waals surface area (Å²) in [5.74, 6) is 1.33. The molecule has 0 radical (unpaired) electrons. The van der Waals surface area contributed by atoms with Crippen LogP contribution in [0.3, 0.4) is 0 Å². The van der Waals surface area contributed by atoms with E-state index in [2.05, 4.69) is 35.0 Å². The molecule has 180 valence electrons. The molecule has 0 saturated carbocycles. The van der Waals surface area contributed by atoms with Crippen molar-refractivity contribution in [3.63, 3.8) is 0 Å². The number of hydrogen-bond acceptors (Lipinski definition) is 4. The SMILES string of the molecule is CCCCCCCCOc1ccc(-c2ccc(OCc3ccc(C(=O)OC)cc3)cc2)cc1Br. The highest BCUT2D eigenvalue weighted by molar-refractivity contribution is 9.10. The molecule has 0 N–H and O–H groups in total. The van der Waals surface area contributed by atoms with E-state index in [0.717, 1.165) is 45.7 Å². The summed E-state index contributed by atoms with van der Waals surface area (Å²) in [7, 11) is 1.38. The largest absolute Gasteiger partial charge is 0.492 e. The van der Waals surface area contributed by atoms with E-state index >= 15 is 0 Å². The van der Waals surface area contributed by atoms with Gasteiger partial charge >= 0.3 is 5.97 Å². The van der Waals surface area contributed by atoms with Crippen molar-refractivity contribution in [2.24, 2.45) is 0 Å². The van der Waals surface area contributed by atoms with Gasteiger partial charge in [-0.15, -0.1) is 0 Å². The minimum absolute atomic E-state index is 0.341. The minimum atomic E-state index is -0.341. The van der Waals surface area contributed by atoms with Gasteiger partial charge in [-0.2, -0.15) is 0 Å². The fraction of sp³-hybridized carbons (Fsp3) is 0.345. The van der Waals surface area contributed by atoms with Crippen LogP contribution < -0.4 is 9.47 Å². The van der Waals surface area contributed by atoms with Crippen LogP contribution in [0.1, 0.15) is 61.4 Å². The summed E-state index contributed by atoms with van der Waals surface area (Å²) in [4.78, 5) is 11.5. The molecule has 0 heterocycles. The highest BCUT2D eigenvalue weighted by Crippen LogP contribution is 2.32. The first-order valence-corrected chi connectivity index (χ1v) is 12.7. The standard InChI is InChI=1S/C29H33BrO4/c1-3-4-5-6-7-8-19-33-28-18-15-25(20-27(28)30)23-13-16-26(17-14-23)34-21-22-9-11-24(12-10-22)29(31)32-2/h9-18,20H,3-8,19,21H2,1-2H3. The highest BCUT2D eigenvalue weighted by atomic mass is 79.9. The predicted octanol–water partition coefficient (Wildman–Crippen LogP) is 8.22. The molecule has 3 rings (SSSR count). The predicted molar refractivity (Wildman–Crippen MR) is 141 cm³/mol. The fourth-order valence-corrected chi connectivity index (χ4v) is 4.12. The molecule has 0 amide bonds. The van der Waals surface area contributed by atoms with Gasteiger partial charge in [0.2, 0.25) is 0 Å². The first-order chi connectivity index (χ1) is 16.6. The zero-order valence-electron chi connectivity index (χ0n) is 20.0. The van der Waals surface area contributed by atoms with Gasteiger partial charge in [-0.3, -0.25) is 0 Å². The summed E-state index contributed by atoms with van der Waals surface area (Å²) in [6.45, 7) is 3.42. The Morgan fingerprint density at radius 3 is 2.15 bits per heavy atom. The zero-order valence-corrected chi connectivity index (χ0v) is 21.6. The van der Waals surface area contributed by atoms with Crippen molar-refractivity contribution in [1.29, 1.82) is 0 Å². The molecule has 0 fully saturated rings. The van der Waals surface area contributed by atoms with Crippen LogP contribution in [-0.4, -0.2) is 19.7 Å². The van der Waals surface area contributed by atoms with Gasteiger partial charge in [-0.1, -0.05) is 69.4 Å². The smallest absolute Gasteiger partial charge is 0.337 e. The maximum absolute atomic E-state index is 11.5. The van der Waals surface area contributed by atoms with E-state index in [1.807, 2.05) is 42.5 Å². The molecular weight excluding hydrogens is 492 g/mol. The lowest BCUT2D eigenvalue weighted by Crippen LogP contribution is -2.01. The molecule has 0 aliphatic carbocycles. The number of carbonyl (C=O) groups is 1. The van der Waals surface area contributed by atoms with Crippen LogP contribution in [0.5, 0.6) is 11.5 Å². The summed E-state index contributed by atoms with van der Waals surface area (Å²) >= 11 is 3.65. The van der Waals surface area contributed by atoms with Gasteiger partial charge < -0.3 is 14.2 Å². The Kier molecular flexibility index (Phi) is 10.5. The average molecular weight is 525 g/mol. The van der Waals surface area contributed by atoms with E-state index < -0.39 is 0 Å². The van der Waals surface area contributed by atoms with Crippen LogP contribution in [-0.2, 0) is 11.3 Å². The second-order valence-electron chi connectivity index (χ2n) is 8.26. The van der Waals surface area contributed by atoms with Gasteiger partial charge in [0.05, 0.1) is 23.8 Å². The van der Waals surface area contributed by atoms with E-state index in [0.29, 0.717) is 12.2 Å². The van der Waals surface area contributed by atoms with Gasteiger partial charge in [0, 0.05) is 0 Å². The lowest BCUT2D eigenvalue weighted by molar-refractivity contribution is 0.0600. The number of unbranched alkanes of at least 4 members (excludes halogenated alkanes) is 5. The van der Waals surface area contributed by atoms with Gasteiger partial charge in [0.15, 0.2) is 0 Å². The number of carbonyl (C=O) groups excluding carboxylic acids is 1. The molecule has 0 spiro atoms. The molecule has 34 heavy (non-hydrogen) atoms. The van der Waals surface area contributed by atoms with Gasteiger partial charge in [0.25, 0.3) is 0 Å². The van der Waals surface area contributed by atoms with Crippen molar-refractivity contribution in [3.05, 3.63) is 82.3 Å². The van der Waals surface area contributed by atoms with Gasteiger partial charge in [-0.25, -0.2) is 4.79 Å². The van der Waals surface area contributed by atoms with Crippen molar-refractivity contribution in [2.75, 3.05) is 13.7 Å². The third-order valence-electron chi connectivity index (χ3n) is 5.66. The van der Waals surface area contributed by atoms with Crippen molar-refractivity contribution in [1.82, 2.24) is 0 Å². The number of methoxy groups -OCH3 is 1. The van der Waals surface area contributed by atoms with E-state index in [1.54, 1.807) is 12.1 Å². The second kappa shape index (κ2) is 13.8. The zero-order chi connectivity index (χ0) is 24.2. The van der Waals surface area contributed by atoms with E-state index in [1.165, 1.54) is 39.2 Å². The Morgan fingerprint density at radius 2 is 1.47 bits per heavy atom. The molecule has 4 nitrogen and oxygen atoms in total. The van der Waals surface area contributed by atoms with Crippen LogP contribution >= 0.6 is 15.9 Å². The van der Waals surface area contributed by atoms with Crippen molar-refractivity contribution in [3.8, 4) is 22.6 Å². The molecule has 0 aliphatic rings. The van der Waals surface area contributed by atoms with Crippen molar-refractivity contribution >= 4 is 21.9 Å². The van der Waals surface area contributed by atoms with Crippen molar-refractivity contribution < 1.29 is 19.0 Å². The maximum Gasteiger partial charge on any atom is 0.337 e. The lowest BCUT2D eigenvalue weighted by atomic mass is 10.1. The maximum atomic E-state index is 11.5. The van der Waals surface area contributed by atoms with E-state index in [-0.39, 0.29) is 5.97 Å². The number of hydrogen-bond donors (Lipinski definition) is 0. The summed E-state index contributed by atoms with van der Waals surface area (Å²) < 4.78 is 17.5. The monoisotopic (exact) mass is 524 g/mol. The molecule has 0 aliphatic heterocycles. The normalized spacial score (nSPS) is 10.7. The topological polar surface area (TPSA) is 44.8 Å². The van der Waals surface area contributed by atoms with Crippen LogP contribution in [0.2, 0.25) is 0 Å². The molecule has 0 saturated heterocycles. The third kappa shape index (κ3) is 7.91. The molecule has 0 bridgehead atoms. The average Bonchev–Trinajstić information content (AvgIpc) is 2.88. The minimum Gasteiger partial charge on any atom is -0.492 e. The Hall–Kier alpha value is -2.79. The molecule has 3 aromatic rings. The Labute approximate surface area is 211 Å². The van der Waals surface area contributed by atoms with Crippen LogP contribution in [0, 0.1) is 0 Å². The second-order valence-corrected chi connectivity index (χ2v) is 9.12. The number of rotatable bonds is 13. The first-order valence-electron chi connectivity index (χ1n) is 11.9. The van der Waals surface area contributed by atoms with Gasteiger partial charge in [0.1, 0.15) is 18.1 Å². The molecular formula is C29H33BrO4. The number of benzene rings is 3. The van der Waals surface area contributed by atoms with E-state index in [4.69, 9.17) is 14.2 Å². The molecule has 0 unspecified atom stereocenters. The number of halogens is 1. The lowest BCUT2D eigenvalue weighted by Gasteiger charge is -2.11. The molecule has 0 atom stereocenters. The fourth-order valence-electron chi connectivity index (χ4n) is 3.63. The molecule has 5 heteroatoms. The first kappa shape index (κ1) is 25.8. The Bertz CT molecular complexity index is 1030. The van der Waals surface area contributed by atoms with E-state index in [9.17, 15) is 4.79 Å². The summed E-state index contributed by atoms with van der Waals surface area (Å²) in [6.07, 6.45) is 7.53. The molecule has 0 aromatic heterocycles. The van der Waals surface area contributed by atoms with Crippen LogP contribution in [0.25, 0.3) is 11.1 Å². The Morgan fingerprint density at radius 1 is 0.794 bits per heavy atom. The van der Waals surface area contributed by atoms with Crippen LogP contribution in [0.15, 0.2) is 71.2 Å². The highest BCUT2D eigenvalue weighted by Gasteiger charge is 2.07. The third-order valence-corrected chi connectivity index (χ3v) is 6.28. The summed E-state index contributed by atoms with van der Waals surface area (Å²) in [6, 6.07) is 21.5. The molecule has 3 aromatic carbocycles. The Balaban J connectivity index is 1.49. The number of esters is 1. The number of ether oxygens (including phenoxy) is 3. The van der Waals surface area contributed by atoms with Crippen molar-refractivity contribution in [2.45, 2.75) is 52.1 Å².